The molecule has 2 aromatic carbocycles. The van der Waals surface area contributed by atoms with Crippen molar-refractivity contribution >= 4 is 33.6 Å². The highest BCUT2D eigenvalue weighted by Crippen LogP contribution is 2.28. The zero-order valence-corrected chi connectivity index (χ0v) is 16.1. The minimum absolute atomic E-state index is 0.338. The Morgan fingerprint density at radius 2 is 1.79 bits per heavy atom. The molecule has 0 aliphatic carbocycles. The normalized spacial score (nSPS) is 10.9. The quantitative estimate of drug-likeness (QED) is 0.420. The number of rotatable bonds is 4. The summed E-state index contributed by atoms with van der Waals surface area (Å²) in [7, 11) is 3.03. The highest BCUT2D eigenvalue weighted by molar-refractivity contribution is 6.07. The van der Waals surface area contributed by atoms with Crippen LogP contribution in [0.25, 0.3) is 21.9 Å². The van der Waals surface area contributed by atoms with Crippen molar-refractivity contribution in [3.63, 3.8) is 0 Å². The van der Waals surface area contributed by atoms with Crippen LogP contribution in [0.15, 0.2) is 57.7 Å². The van der Waals surface area contributed by atoms with Gasteiger partial charge < -0.3 is 19.2 Å². The molecule has 0 unspecified atom stereocenters. The van der Waals surface area contributed by atoms with Crippen LogP contribution in [0.4, 0.5) is 5.82 Å². The molecular formula is C22H18N2O5. The predicted molar refractivity (Wildman–Crippen MR) is 110 cm³/mol. The first kappa shape index (κ1) is 18.5. The summed E-state index contributed by atoms with van der Waals surface area (Å²) in [5.41, 5.74) is 1.53. The third-order valence-electron chi connectivity index (χ3n) is 4.65. The van der Waals surface area contributed by atoms with E-state index in [0.717, 1.165) is 0 Å². The van der Waals surface area contributed by atoms with Gasteiger partial charge in [0.1, 0.15) is 11.4 Å². The molecule has 146 valence electrons. The Morgan fingerprint density at radius 1 is 1.03 bits per heavy atom. The van der Waals surface area contributed by atoms with E-state index in [1.165, 1.54) is 14.2 Å². The van der Waals surface area contributed by atoms with Crippen LogP contribution in [0, 0.1) is 6.92 Å². The number of benzene rings is 2. The van der Waals surface area contributed by atoms with Crippen LogP contribution in [0.5, 0.6) is 11.5 Å². The number of carbonyl (C=O) groups is 1. The molecule has 4 aromatic rings. The monoisotopic (exact) mass is 390 g/mol. The van der Waals surface area contributed by atoms with E-state index < -0.39 is 5.63 Å². The number of anilines is 1. The molecule has 29 heavy (non-hydrogen) atoms. The van der Waals surface area contributed by atoms with E-state index >= 15 is 0 Å². The number of aryl methyl sites for hydroxylation is 1. The van der Waals surface area contributed by atoms with Crippen LogP contribution in [-0.4, -0.2) is 25.1 Å². The van der Waals surface area contributed by atoms with E-state index in [-0.39, 0.29) is 5.91 Å². The maximum Gasteiger partial charge on any atom is 0.346 e. The molecule has 0 fully saturated rings. The average Bonchev–Trinajstić information content (AvgIpc) is 2.72. The van der Waals surface area contributed by atoms with E-state index in [0.29, 0.717) is 50.3 Å². The molecule has 0 aliphatic rings. The molecule has 7 heteroatoms. The van der Waals surface area contributed by atoms with E-state index in [1.54, 1.807) is 43.3 Å². The first-order chi connectivity index (χ1) is 14.0. The summed E-state index contributed by atoms with van der Waals surface area (Å²) in [4.78, 5) is 29.6. The first-order valence-corrected chi connectivity index (χ1v) is 8.88. The highest BCUT2D eigenvalue weighted by Gasteiger charge is 2.15. The van der Waals surface area contributed by atoms with Gasteiger partial charge in [-0.15, -0.1) is 0 Å². The van der Waals surface area contributed by atoms with Gasteiger partial charge in [-0.2, -0.15) is 0 Å². The van der Waals surface area contributed by atoms with Crippen LogP contribution in [-0.2, 0) is 0 Å². The van der Waals surface area contributed by atoms with Crippen LogP contribution < -0.4 is 20.4 Å². The van der Waals surface area contributed by atoms with Crippen molar-refractivity contribution < 1.29 is 18.7 Å². The van der Waals surface area contributed by atoms with Crippen LogP contribution in [0.2, 0.25) is 0 Å². The second-order valence-corrected chi connectivity index (χ2v) is 6.46. The van der Waals surface area contributed by atoms with Crippen molar-refractivity contribution in [2.24, 2.45) is 0 Å². The number of nitrogens with zero attached hydrogens (tertiary/aromatic N) is 1. The second-order valence-electron chi connectivity index (χ2n) is 6.46. The minimum atomic E-state index is -0.457. The van der Waals surface area contributed by atoms with Gasteiger partial charge in [0.25, 0.3) is 5.91 Å². The third-order valence-corrected chi connectivity index (χ3v) is 4.65. The van der Waals surface area contributed by atoms with Crippen molar-refractivity contribution in [1.82, 2.24) is 4.98 Å². The Morgan fingerprint density at radius 3 is 2.55 bits per heavy atom. The number of ether oxygens (including phenoxy) is 2. The Hall–Kier alpha value is -3.87. The highest BCUT2D eigenvalue weighted by atomic mass is 16.5. The molecule has 0 bridgehead atoms. The fraction of sp³-hybridized carbons (Fsp3) is 0.136. The van der Waals surface area contributed by atoms with Crippen LogP contribution >= 0.6 is 0 Å². The Labute approximate surface area is 165 Å². The summed E-state index contributed by atoms with van der Waals surface area (Å²) in [6.07, 6.45) is 0. The zero-order valence-electron chi connectivity index (χ0n) is 16.1. The fourth-order valence-corrected chi connectivity index (χ4v) is 3.26. The minimum Gasteiger partial charge on any atom is -0.493 e. The molecule has 7 nitrogen and oxygen atoms in total. The maximum atomic E-state index is 12.7. The lowest BCUT2D eigenvalue weighted by atomic mass is 10.1. The van der Waals surface area contributed by atoms with Gasteiger partial charge >= 0.3 is 5.63 Å². The molecule has 1 N–H and O–H groups in total. The maximum absolute atomic E-state index is 12.7. The summed E-state index contributed by atoms with van der Waals surface area (Å²) >= 11 is 0. The lowest BCUT2D eigenvalue weighted by molar-refractivity contribution is 0.102. The summed E-state index contributed by atoms with van der Waals surface area (Å²) in [6, 6.07) is 13.7. The molecule has 0 saturated carbocycles. The number of hydrogen-bond acceptors (Lipinski definition) is 6. The van der Waals surface area contributed by atoms with Crippen molar-refractivity contribution in [3.05, 3.63) is 70.1 Å². The van der Waals surface area contributed by atoms with E-state index in [9.17, 15) is 9.59 Å². The number of para-hydroxylation sites is 1. The van der Waals surface area contributed by atoms with Crippen molar-refractivity contribution in [2.45, 2.75) is 6.92 Å². The summed E-state index contributed by atoms with van der Waals surface area (Å²) in [5.74, 6) is 0.961. The molecule has 0 atom stereocenters. The molecule has 1 amide bonds. The third kappa shape index (κ3) is 3.27. The predicted octanol–water partition coefficient (Wildman–Crippen LogP) is 3.92. The van der Waals surface area contributed by atoms with E-state index in [1.807, 2.05) is 12.1 Å². The Balaban J connectivity index is 1.78. The van der Waals surface area contributed by atoms with Gasteiger partial charge in [0.2, 0.25) is 0 Å². The average molecular weight is 390 g/mol. The summed E-state index contributed by atoms with van der Waals surface area (Å²) < 4.78 is 15.8. The topological polar surface area (TPSA) is 90.7 Å². The number of pyridine rings is 1. The lowest BCUT2D eigenvalue weighted by Crippen LogP contribution is -2.14. The number of hydrogen-bond donors (Lipinski definition) is 1. The Bertz CT molecular complexity index is 1310. The van der Waals surface area contributed by atoms with Crippen molar-refractivity contribution in [1.29, 1.82) is 0 Å². The smallest absolute Gasteiger partial charge is 0.346 e. The van der Waals surface area contributed by atoms with Crippen molar-refractivity contribution in [2.75, 3.05) is 19.5 Å². The molecule has 0 radical (unpaired) electrons. The van der Waals surface area contributed by atoms with Gasteiger partial charge in [0.05, 0.1) is 25.1 Å². The van der Waals surface area contributed by atoms with Gasteiger partial charge in [-0.05, 0) is 48.9 Å². The molecule has 2 aromatic heterocycles. The van der Waals surface area contributed by atoms with E-state index in [2.05, 4.69) is 10.3 Å². The Kier molecular flexibility index (Phi) is 4.64. The number of amides is 1. The van der Waals surface area contributed by atoms with Gasteiger partial charge in [-0.3, -0.25) is 4.79 Å². The van der Waals surface area contributed by atoms with Crippen molar-refractivity contribution in [3.8, 4) is 11.5 Å². The SMILES string of the molecule is COc1ccc(C(=O)Nc2cc(C)c3c(=O)oc4ccccc4c3n2)cc1OC. The number of methoxy groups -OCH3 is 2. The van der Waals surface area contributed by atoms with Gasteiger partial charge in [-0.25, -0.2) is 9.78 Å². The molecule has 0 spiro atoms. The lowest BCUT2D eigenvalue weighted by Gasteiger charge is -2.11. The number of aromatic nitrogens is 1. The number of carbonyl (C=O) groups excluding carboxylic acids is 1. The summed E-state index contributed by atoms with van der Waals surface area (Å²) in [6.45, 7) is 1.78. The number of fused-ring (bicyclic) bond motifs is 3. The summed E-state index contributed by atoms with van der Waals surface area (Å²) in [5, 5.41) is 3.88. The molecule has 0 aliphatic heterocycles. The van der Waals surface area contributed by atoms with Crippen LogP contribution in [0.1, 0.15) is 15.9 Å². The van der Waals surface area contributed by atoms with Gasteiger partial charge in [0, 0.05) is 10.9 Å². The van der Waals surface area contributed by atoms with Gasteiger partial charge in [-0.1, -0.05) is 12.1 Å². The molecule has 0 saturated heterocycles. The van der Waals surface area contributed by atoms with Gasteiger partial charge in [0.15, 0.2) is 11.5 Å². The number of nitrogens with one attached hydrogen (secondary N) is 1. The molecular weight excluding hydrogens is 372 g/mol. The molecule has 4 rings (SSSR count). The van der Waals surface area contributed by atoms with Crippen LogP contribution in [0.3, 0.4) is 0 Å². The zero-order chi connectivity index (χ0) is 20.5. The largest absolute Gasteiger partial charge is 0.493 e. The second kappa shape index (κ2) is 7.27. The first-order valence-electron chi connectivity index (χ1n) is 8.88. The van der Waals surface area contributed by atoms with E-state index in [4.69, 9.17) is 13.9 Å². The fourth-order valence-electron chi connectivity index (χ4n) is 3.26. The standard InChI is InChI=1S/C22H18N2O5/c1-12-10-18(24-21(25)13-8-9-16(27-2)17(11-13)28-3)23-20-14-6-4-5-7-15(14)29-22(26)19(12)20/h4-11H,1-3H3,(H,23,24,25). The molecule has 2 heterocycles.